The summed E-state index contributed by atoms with van der Waals surface area (Å²) < 4.78 is 56.2. The molecule has 0 atom stereocenters. The van der Waals surface area contributed by atoms with Gasteiger partial charge < -0.3 is 0 Å². The number of carbonyl (C=O) groups excluding carboxylic acids is 1. The number of benzene rings is 3. The van der Waals surface area contributed by atoms with Gasteiger partial charge in [-0.15, -0.1) is 0 Å². The third-order valence-corrected chi connectivity index (χ3v) is 9.30. The lowest BCUT2D eigenvalue weighted by molar-refractivity contribution is 0.0985. The Kier molecular flexibility index (Phi) is 7.32. The third kappa shape index (κ3) is 5.41. The molecule has 6 nitrogen and oxygen atoms in total. The lowest BCUT2D eigenvalue weighted by atomic mass is 10.1. The Balaban J connectivity index is 1.47. The van der Waals surface area contributed by atoms with Crippen molar-refractivity contribution in [3.05, 3.63) is 89.5 Å². The van der Waals surface area contributed by atoms with Crippen LogP contribution in [0.2, 0.25) is 0 Å². The van der Waals surface area contributed by atoms with Crippen LogP contribution in [-0.2, 0) is 16.6 Å². The van der Waals surface area contributed by atoms with Gasteiger partial charge in [-0.25, -0.2) is 22.2 Å². The van der Waals surface area contributed by atoms with Crippen molar-refractivity contribution in [2.75, 3.05) is 18.0 Å². The number of hydrogen-bond acceptors (Lipinski definition) is 5. The smallest absolute Gasteiger partial charge is 0.260 e. The summed E-state index contributed by atoms with van der Waals surface area (Å²) in [5, 5.41) is 0.217. The van der Waals surface area contributed by atoms with Crippen molar-refractivity contribution in [3.8, 4) is 0 Å². The topological polar surface area (TPSA) is 70.6 Å². The first kappa shape index (κ1) is 25.4. The summed E-state index contributed by atoms with van der Waals surface area (Å²) in [4.78, 5) is 19.5. The monoisotopic (exact) mass is 541 g/mol. The molecule has 0 saturated carbocycles. The van der Waals surface area contributed by atoms with E-state index in [1.165, 1.54) is 39.5 Å². The molecule has 37 heavy (non-hydrogen) atoms. The SMILES string of the molecule is O=C(c1ccc(S(=O)(=O)N2CCCCCC2)cc1)N(Cc1ccccc1)c1nc2c(F)cc(F)cc2s1. The second kappa shape index (κ2) is 10.6. The van der Waals surface area contributed by atoms with E-state index < -0.39 is 27.6 Å². The van der Waals surface area contributed by atoms with Crippen molar-refractivity contribution in [2.45, 2.75) is 37.1 Å². The van der Waals surface area contributed by atoms with E-state index in [1.54, 1.807) is 0 Å². The van der Waals surface area contributed by atoms with Gasteiger partial charge in [0.2, 0.25) is 10.0 Å². The Bertz CT molecular complexity index is 1520. The van der Waals surface area contributed by atoms with Crippen LogP contribution in [0.25, 0.3) is 10.2 Å². The van der Waals surface area contributed by atoms with Gasteiger partial charge in [-0.2, -0.15) is 4.31 Å². The van der Waals surface area contributed by atoms with Crippen molar-refractivity contribution >= 4 is 42.6 Å². The molecule has 1 aliphatic rings. The van der Waals surface area contributed by atoms with Crippen LogP contribution in [0.5, 0.6) is 0 Å². The first-order chi connectivity index (χ1) is 17.8. The minimum Gasteiger partial charge on any atom is -0.279 e. The van der Waals surface area contributed by atoms with Crippen LogP contribution in [0, 0.1) is 11.6 Å². The van der Waals surface area contributed by atoms with E-state index in [-0.39, 0.29) is 32.4 Å². The summed E-state index contributed by atoms with van der Waals surface area (Å²) in [5.41, 5.74) is 1.07. The second-order valence-corrected chi connectivity index (χ2v) is 11.9. The minimum absolute atomic E-state index is 0.00819. The molecule has 3 aromatic carbocycles. The number of halogens is 2. The predicted molar refractivity (Wildman–Crippen MR) is 140 cm³/mol. The van der Waals surface area contributed by atoms with Crippen molar-refractivity contribution in [2.24, 2.45) is 0 Å². The molecule has 2 heterocycles. The Labute approximate surface area is 218 Å². The Morgan fingerprint density at radius 2 is 1.62 bits per heavy atom. The van der Waals surface area contributed by atoms with Gasteiger partial charge in [0, 0.05) is 24.7 Å². The van der Waals surface area contributed by atoms with E-state index in [0.29, 0.717) is 13.1 Å². The van der Waals surface area contributed by atoms with Gasteiger partial charge in [0.15, 0.2) is 10.9 Å². The van der Waals surface area contributed by atoms with Crippen molar-refractivity contribution in [1.29, 1.82) is 0 Å². The van der Waals surface area contributed by atoms with Gasteiger partial charge in [0.25, 0.3) is 5.91 Å². The standard InChI is InChI=1S/C27H25F2N3O3S2/c28-21-16-23(29)25-24(17-21)36-27(30-25)32(18-19-8-4-3-5-9-19)26(33)20-10-12-22(13-11-20)37(34,35)31-14-6-1-2-7-15-31/h3-5,8-13,16-17H,1-2,6-7,14-15,18H2. The maximum atomic E-state index is 14.3. The van der Waals surface area contributed by atoms with E-state index in [9.17, 15) is 22.0 Å². The highest BCUT2D eigenvalue weighted by Gasteiger charge is 2.27. The molecule has 1 aromatic heterocycles. The van der Waals surface area contributed by atoms with Crippen molar-refractivity contribution in [1.82, 2.24) is 9.29 Å². The first-order valence-electron chi connectivity index (χ1n) is 12.0. The normalized spacial score (nSPS) is 15.0. The number of anilines is 1. The quantitative estimate of drug-likeness (QED) is 0.301. The zero-order valence-electron chi connectivity index (χ0n) is 19.9. The number of sulfonamides is 1. The van der Waals surface area contributed by atoms with E-state index in [1.807, 2.05) is 30.3 Å². The molecule has 0 radical (unpaired) electrons. The molecule has 10 heteroatoms. The number of thiazole rings is 1. The molecule has 0 aliphatic carbocycles. The highest BCUT2D eigenvalue weighted by molar-refractivity contribution is 7.89. The molecule has 0 spiro atoms. The molecule has 1 aliphatic heterocycles. The van der Waals surface area contributed by atoms with Crippen LogP contribution < -0.4 is 4.90 Å². The van der Waals surface area contributed by atoms with Crippen LogP contribution in [0.3, 0.4) is 0 Å². The second-order valence-electron chi connectivity index (χ2n) is 8.95. The number of rotatable bonds is 6. The van der Waals surface area contributed by atoms with E-state index in [0.717, 1.165) is 48.6 Å². The molecular formula is C27H25F2N3O3S2. The van der Waals surface area contributed by atoms with Crippen LogP contribution in [0.4, 0.5) is 13.9 Å². The maximum absolute atomic E-state index is 14.3. The lowest BCUT2D eigenvalue weighted by Crippen LogP contribution is -2.32. The molecule has 5 rings (SSSR count). The molecular weight excluding hydrogens is 516 g/mol. The van der Waals surface area contributed by atoms with E-state index >= 15 is 0 Å². The van der Waals surface area contributed by atoms with Crippen LogP contribution >= 0.6 is 11.3 Å². The Morgan fingerprint density at radius 1 is 0.946 bits per heavy atom. The van der Waals surface area contributed by atoms with Crippen LogP contribution in [-0.4, -0.2) is 36.7 Å². The number of hydrogen-bond donors (Lipinski definition) is 0. The summed E-state index contributed by atoms with van der Waals surface area (Å²) in [6, 6.07) is 17.1. The van der Waals surface area contributed by atoms with Gasteiger partial charge >= 0.3 is 0 Å². The summed E-state index contributed by atoms with van der Waals surface area (Å²) in [5.74, 6) is -1.95. The minimum atomic E-state index is -3.65. The zero-order valence-corrected chi connectivity index (χ0v) is 21.6. The number of amides is 1. The summed E-state index contributed by atoms with van der Waals surface area (Å²) in [6.45, 7) is 1.13. The summed E-state index contributed by atoms with van der Waals surface area (Å²) in [7, 11) is -3.65. The maximum Gasteiger partial charge on any atom is 0.260 e. The van der Waals surface area contributed by atoms with Gasteiger partial charge in [0.05, 0.1) is 16.1 Å². The largest absolute Gasteiger partial charge is 0.279 e. The summed E-state index contributed by atoms with van der Waals surface area (Å²) >= 11 is 1.02. The van der Waals surface area contributed by atoms with Gasteiger partial charge in [0.1, 0.15) is 11.3 Å². The molecule has 1 saturated heterocycles. The van der Waals surface area contributed by atoms with Crippen molar-refractivity contribution in [3.63, 3.8) is 0 Å². The van der Waals surface area contributed by atoms with E-state index in [2.05, 4.69) is 4.98 Å². The average molecular weight is 542 g/mol. The number of fused-ring (bicyclic) bond motifs is 1. The molecule has 0 unspecified atom stereocenters. The number of carbonyl (C=O) groups is 1. The van der Waals surface area contributed by atoms with Crippen LogP contribution in [0.1, 0.15) is 41.6 Å². The number of nitrogens with zero attached hydrogens (tertiary/aromatic N) is 3. The average Bonchev–Trinajstić information content (AvgIpc) is 3.12. The molecule has 192 valence electrons. The molecule has 0 bridgehead atoms. The van der Waals surface area contributed by atoms with Gasteiger partial charge in [-0.3, -0.25) is 9.69 Å². The highest BCUT2D eigenvalue weighted by Crippen LogP contribution is 2.33. The predicted octanol–water partition coefficient (Wildman–Crippen LogP) is 5.99. The van der Waals surface area contributed by atoms with Gasteiger partial charge in [-0.05, 0) is 48.7 Å². The Hall–Kier alpha value is -3.21. The molecule has 1 amide bonds. The van der Waals surface area contributed by atoms with E-state index in [4.69, 9.17) is 0 Å². The first-order valence-corrected chi connectivity index (χ1v) is 14.3. The fourth-order valence-corrected chi connectivity index (χ4v) is 6.93. The fraction of sp³-hybridized carbons (Fsp3) is 0.259. The molecule has 1 fully saturated rings. The van der Waals surface area contributed by atoms with Gasteiger partial charge in [-0.1, -0.05) is 54.5 Å². The lowest BCUT2D eigenvalue weighted by Gasteiger charge is -2.21. The zero-order chi connectivity index (χ0) is 26.0. The summed E-state index contributed by atoms with van der Waals surface area (Å²) in [6.07, 6.45) is 3.69. The fourth-order valence-electron chi connectivity index (χ4n) is 4.41. The van der Waals surface area contributed by atoms with Crippen LogP contribution in [0.15, 0.2) is 71.6 Å². The van der Waals surface area contributed by atoms with Crippen molar-refractivity contribution < 1.29 is 22.0 Å². The number of aromatic nitrogens is 1. The molecule has 0 N–H and O–H groups in total. The molecule has 4 aromatic rings. The highest BCUT2D eigenvalue weighted by atomic mass is 32.2. The Morgan fingerprint density at radius 3 is 2.30 bits per heavy atom. The third-order valence-electron chi connectivity index (χ3n) is 6.37.